The Hall–Kier alpha value is -2.96. The number of hydrogen-bond donors (Lipinski definition) is 6. The molecule has 0 aliphatic rings. The van der Waals surface area contributed by atoms with E-state index < -0.39 is 37.9 Å². The second-order valence-corrected chi connectivity index (χ2v) is 7.79. The van der Waals surface area contributed by atoms with Crippen LogP contribution in [0.25, 0.3) is 0 Å². The molecule has 34 heavy (non-hydrogen) atoms. The van der Waals surface area contributed by atoms with Crippen LogP contribution in [0.1, 0.15) is 35.2 Å². The highest BCUT2D eigenvalue weighted by Crippen LogP contribution is 2.21. The number of rotatable bonds is 12. The molecule has 2 rings (SSSR count). The molecule has 0 aliphatic heterocycles. The lowest BCUT2D eigenvalue weighted by atomic mass is 9.79. The van der Waals surface area contributed by atoms with Gasteiger partial charge in [-0.25, -0.2) is 4.39 Å². The largest absolute Gasteiger partial charge is 0.496 e. The van der Waals surface area contributed by atoms with Crippen molar-refractivity contribution in [1.82, 2.24) is 4.90 Å². The zero-order valence-corrected chi connectivity index (χ0v) is 18.7. The van der Waals surface area contributed by atoms with Gasteiger partial charge < -0.3 is 41.2 Å². The van der Waals surface area contributed by atoms with E-state index in [4.69, 9.17) is 16.2 Å². The molecule has 0 saturated heterocycles. The SMILES string of the molecule is COc1cc(B(O)O)ccc1CN(CCCC[C@H](N)C(N)=O)C(=O)c1ccc(B(O)O)c(F)c1. The first-order valence-corrected chi connectivity index (χ1v) is 10.6. The molecule has 0 saturated carbocycles. The van der Waals surface area contributed by atoms with Crippen LogP contribution in [0.15, 0.2) is 36.4 Å². The Morgan fingerprint density at radius 1 is 1.09 bits per heavy atom. The van der Waals surface area contributed by atoms with Crippen LogP contribution in [0, 0.1) is 5.82 Å². The first kappa shape index (κ1) is 27.3. The van der Waals surface area contributed by atoms with Gasteiger partial charge >= 0.3 is 14.2 Å². The average Bonchev–Trinajstić information content (AvgIpc) is 2.79. The summed E-state index contributed by atoms with van der Waals surface area (Å²) < 4.78 is 19.6. The number of unbranched alkanes of at least 4 members (excludes halogenated alkanes) is 1. The Kier molecular flexibility index (Phi) is 10.0. The minimum absolute atomic E-state index is 0.00268. The molecule has 13 heteroatoms. The van der Waals surface area contributed by atoms with E-state index >= 15 is 0 Å². The number of nitrogens with zero attached hydrogens (tertiary/aromatic N) is 1. The van der Waals surface area contributed by atoms with Gasteiger partial charge in [0.25, 0.3) is 5.91 Å². The molecule has 10 nitrogen and oxygen atoms in total. The smallest absolute Gasteiger partial charge is 0.491 e. The third-order valence-electron chi connectivity index (χ3n) is 5.34. The average molecular weight is 475 g/mol. The zero-order chi connectivity index (χ0) is 25.4. The van der Waals surface area contributed by atoms with Crippen LogP contribution < -0.4 is 27.1 Å². The first-order valence-electron chi connectivity index (χ1n) is 10.6. The summed E-state index contributed by atoms with van der Waals surface area (Å²) in [5.41, 5.74) is 11.2. The molecule has 0 heterocycles. The zero-order valence-electron chi connectivity index (χ0n) is 18.7. The van der Waals surface area contributed by atoms with Crippen molar-refractivity contribution < 1.29 is 38.8 Å². The summed E-state index contributed by atoms with van der Waals surface area (Å²) in [5, 5.41) is 37.2. The number of halogens is 1. The molecule has 0 radical (unpaired) electrons. The second kappa shape index (κ2) is 12.5. The molecule has 2 aromatic carbocycles. The summed E-state index contributed by atoms with van der Waals surface area (Å²) >= 11 is 0. The van der Waals surface area contributed by atoms with Gasteiger partial charge in [-0.3, -0.25) is 9.59 Å². The van der Waals surface area contributed by atoms with E-state index in [1.54, 1.807) is 6.07 Å². The minimum atomic E-state index is -2.01. The maximum absolute atomic E-state index is 14.2. The van der Waals surface area contributed by atoms with Gasteiger partial charge in [0.15, 0.2) is 0 Å². The number of hydrogen-bond acceptors (Lipinski definition) is 8. The fraction of sp³-hybridized carbons (Fsp3) is 0.333. The number of ether oxygens (including phenoxy) is 1. The maximum Gasteiger partial charge on any atom is 0.491 e. The lowest BCUT2D eigenvalue weighted by Crippen LogP contribution is -2.37. The molecule has 2 amide bonds. The molecule has 2 aromatic rings. The molecule has 0 spiro atoms. The molecule has 1 atom stereocenters. The van der Waals surface area contributed by atoms with Crippen molar-refractivity contribution in [3.63, 3.8) is 0 Å². The number of methoxy groups -OCH3 is 1. The molecule has 0 unspecified atom stereocenters. The molecule has 0 bridgehead atoms. The fourth-order valence-corrected chi connectivity index (χ4v) is 3.37. The van der Waals surface area contributed by atoms with Gasteiger partial charge in [-0.1, -0.05) is 18.2 Å². The van der Waals surface area contributed by atoms with E-state index in [0.717, 1.165) is 12.1 Å². The van der Waals surface area contributed by atoms with E-state index in [9.17, 15) is 34.1 Å². The van der Waals surface area contributed by atoms with Gasteiger partial charge in [-0.15, -0.1) is 0 Å². The van der Waals surface area contributed by atoms with Crippen LogP contribution in [-0.2, 0) is 11.3 Å². The van der Waals surface area contributed by atoms with Crippen LogP contribution in [0.4, 0.5) is 4.39 Å². The summed E-state index contributed by atoms with van der Waals surface area (Å²) in [6.45, 7) is 0.279. The fourth-order valence-electron chi connectivity index (χ4n) is 3.37. The third-order valence-corrected chi connectivity index (χ3v) is 5.34. The lowest BCUT2D eigenvalue weighted by molar-refractivity contribution is -0.119. The van der Waals surface area contributed by atoms with Gasteiger partial charge in [0, 0.05) is 29.7 Å². The van der Waals surface area contributed by atoms with Gasteiger partial charge in [0.1, 0.15) is 11.6 Å². The normalized spacial score (nSPS) is 11.6. The molecule has 0 aliphatic carbocycles. The standard InChI is InChI=1S/C21H28B2FN3O7/c1-34-19-11-15(22(30)31)7-5-14(19)12-27(9-3-2-4-18(25)20(26)28)21(29)13-6-8-16(23(32)33)17(24)10-13/h5-8,10-11,18,30-33H,2-4,9,12,25H2,1H3,(H2,26,28)/t18-/m0/s1. The first-order chi connectivity index (χ1) is 16.0. The minimum Gasteiger partial charge on any atom is -0.496 e. The van der Waals surface area contributed by atoms with Crippen molar-refractivity contribution >= 4 is 37.0 Å². The van der Waals surface area contributed by atoms with E-state index in [1.807, 2.05) is 0 Å². The number of nitrogens with two attached hydrogens (primary N) is 2. The predicted molar refractivity (Wildman–Crippen MR) is 125 cm³/mol. The van der Waals surface area contributed by atoms with Crippen LogP contribution >= 0.6 is 0 Å². The highest BCUT2D eigenvalue weighted by Gasteiger charge is 2.23. The van der Waals surface area contributed by atoms with Crippen molar-refractivity contribution in [3.8, 4) is 5.75 Å². The van der Waals surface area contributed by atoms with Crippen LogP contribution in [-0.4, -0.2) is 70.7 Å². The van der Waals surface area contributed by atoms with E-state index in [-0.39, 0.29) is 29.6 Å². The second-order valence-electron chi connectivity index (χ2n) is 7.79. The molecule has 8 N–H and O–H groups in total. The Morgan fingerprint density at radius 3 is 2.35 bits per heavy atom. The highest BCUT2D eigenvalue weighted by molar-refractivity contribution is 6.59. The summed E-state index contributed by atoms with van der Waals surface area (Å²) in [6.07, 6.45) is 1.31. The highest BCUT2D eigenvalue weighted by atomic mass is 19.1. The van der Waals surface area contributed by atoms with Crippen molar-refractivity contribution in [1.29, 1.82) is 0 Å². The van der Waals surface area contributed by atoms with Crippen LogP contribution in [0.5, 0.6) is 5.75 Å². The topological polar surface area (TPSA) is 180 Å². The monoisotopic (exact) mass is 475 g/mol. The number of carbonyl (C=O) groups excluding carboxylic acids is 2. The van der Waals surface area contributed by atoms with E-state index in [0.29, 0.717) is 30.6 Å². The van der Waals surface area contributed by atoms with E-state index in [2.05, 4.69) is 0 Å². The molecular formula is C21H28B2FN3O7. The molecule has 0 fully saturated rings. The van der Waals surface area contributed by atoms with Crippen molar-refractivity contribution in [2.45, 2.75) is 31.8 Å². The molecular weight excluding hydrogens is 447 g/mol. The quantitative estimate of drug-likeness (QED) is 0.148. The van der Waals surface area contributed by atoms with Gasteiger partial charge in [0.05, 0.1) is 13.2 Å². The summed E-state index contributed by atoms with van der Waals surface area (Å²) in [5.74, 6) is -1.76. The Morgan fingerprint density at radius 2 is 1.79 bits per heavy atom. The summed E-state index contributed by atoms with van der Waals surface area (Å²) in [4.78, 5) is 25.8. The Labute approximate surface area is 197 Å². The Bertz CT molecular complexity index is 1010. The molecule has 0 aromatic heterocycles. The summed E-state index contributed by atoms with van der Waals surface area (Å²) in [7, 11) is -2.31. The van der Waals surface area contributed by atoms with Crippen LogP contribution in [0.3, 0.4) is 0 Å². The predicted octanol–water partition coefficient (Wildman–Crippen LogP) is -2.18. The number of primary amides is 1. The Balaban J connectivity index is 2.28. The maximum atomic E-state index is 14.2. The number of carbonyl (C=O) groups is 2. The number of amides is 2. The van der Waals surface area contributed by atoms with Crippen LogP contribution in [0.2, 0.25) is 0 Å². The van der Waals surface area contributed by atoms with E-state index in [1.165, 1.54) is 30.2 Å². The van der Waals surface area contributed by atoms with Crippen molar-refractivity contribution in [2.24, 2.45) is 11.5 Å². The van der Waals surface area contributed by atoms with Crippen molar-refractivity contribution in [2.75, 3.05) is 13.7 Å². The molecule has 182 valence electrons. The van der Waals surface area contributed by atoms with Gasteiger partial charge in [0.2, 0.25) is 5.91 Å². The number of benzene rings is 2. The van der Waals surface area contributed by atoms with Gasteiger partial charge in [-0.05, 0) is 42.9 Å². The van der Waals surface area contributed by atoms with Gasteiger partial charge in [-0.2, -0.15) is 0 Å². The summed E-state index contributed by atoms with van der Waals surface area (Å²) in [6, 6.07) is 7.04. The lowest BCUT2D eigenvalue weighted by Gasteiger charge is -2.25. The van der Waals surface area contributed by atoms with Crippen molar-refractivity contribution in [3.05, 3.63) is 53.3 Å². The third kappa shape index (κ3) is 7.27.